The van der Waals surface area contributed by atoms with Crippen LogP contribution in [-0.4, -0.2) is 33.7 Å². The van der Waals surface area contributed by atoms with Crippen molar-refractivity contribution in [1.29, 1.82) is 0 Å². The second-order valence-corrected chi connectivity index (χ2v) is 7.68. The molecule has 6 nitrogen and oxygen atoms in total. The van der Waals surface area contributed by atoms with Crippen LogP contribution in [0.1, 0.15) is 31.8 Å². The average molecular weight is 362 g/mol. The van der Waals surface area contributed by atoms with Gasteiger partial charge in [-0.15, -0.1) is 0 Å². The Morgan fingerprint density at radius 3 is 2.20 bits per heavy atom. The van der Waals surface area contributed by atoms with Crippen LogP contribution in [0, 0.1) is 0 Å². The lowest BCUT2D eigenvalue weighted by molar-refractivity contribution is 0.0472. The molecule has 7 heteroatoms. The lowest BCUT2D eigenvalue weighted by Gasteiger charge is -2.07. The Kier molecular flexibility index (Phi) is 5.93. The average Bonchev–Trinajstić information content (AvgIpc) is 2.58. The van der Waals surface area contributed by atoms with Gasteiger partial charge >= 0.3 is 11.9 Å². The van der Waals surface area contributed by atoms with Crippen molar-refractivity contribution in [3.63, 3.8) is 0 Å². The summed E-state index contributed by atoms with van der Waals surface area (Å²) >= 11 is 0. The van der Waals surface area contributed by atoms with Gasteiger partial charge in [-0.1, -0.05) is 24.3 Å². The smallest absolute Gasteiger partial charge is 0.338 e. The molecule has 0 aliphatic carbocycles. The predicted octanol–water partition coefficient (Wildman–Crippen LogP) is 2.37. The van der Waals surface area contributed by atoms with Crippen molar-refractivity contribution >= 4 is 21.8 Å². The fourth-order valence-corrected chi connectivity index (χ4v) is 2.98. The van der Waals surface area contributed by atoms with E-state index in [1.165, 1.54) is 19.2 Å². The van der Waals surface area contributed by atoms with E-state index in [2.05, 4.69) is 4.74 Å². The van der Waals surface area contributed by atoms with Crippen LogP contribution in [0.2, 0.25) is 0 Å². The maximum atomic E-state index is 12.1. The van der Waals surface area contributed by atoms with E-state index in [0.717, 1.165) is 6.26 Å². The number of hydrogen-bond donors (Lipinski definition) is 0. The van der Waals surface area contributed by atoms with Crippen LogP contribution in [0.5, 0.6) is 0 Å². The summed E-state index contributed by atoms with van der Waals surface area (Å²) in [7, 11) is -1.83. The predicted molar refractivity (Wildman–Crippen MR) is 91.9 cm³/mol. The molecular weight excluding hydrogens is 344 g/mol. The maximum absolute atomic E-state index is 12.1. The van der Waals surface area contributed by atoms with Gasteiger partial charge in [0.1, 0.15) is 6.61 Å². The number of methoxy groups -OCH3 is 1. The molecule has 0 unspecified atom stereocenters. The monoisotopic (exact) mass is 362 g/mol. The minimum Gasteiger partial charge on any atom is -0.465 e. The van der Waals surface area contributed by atoms with E-state index in [1.54, 1.807) is 36.4 Å². The van der Waals surface area contributed by atoms with Gasteiger partial charge in [0.2, 0.25) is 0 Å². The normalized spacial score (nSPS) is 11.0. The first-order valence-corrected chi connectivity index (χ1v) is 9.45. The van der Waals surface area contributed by atoms with Crippen molar-refractivity contribution in [3.05, 3.63) is 70.8 Å². The Morgan fingerprint density at radius 1 is 0.920 bits per heavy atom. The van der Waals surface area contributed by atoms with E-state index < -0.39 is 21.8 Å². The third-order valence-corrected chi connectivity index (χ3v) is 4.19. The fraction of sp³-hybridized carbons (Fsp3) is 0.222. The minimum absolute atomic E-state index is 0.00869. The highest BCUT2D eigenvalue weighted by Gasteiger charge is 2.11. The molecule has 0 fully saturated rings. The molecule has 2 aromatic rings. The Bertz CT molecular complexity index is 869. The van der Waals surface area contributed by atoms with Crippen LogP contribution in [0.15, 0.2) is 48.5 Å². The van der Waals surface area contributed by atoms with Crippen LogP contribution < -0.4 is 0 Å². The van der Waals surface area contributed by atoms with E-state index in [-0.39, 0.29) is 12.4 Å². The van der Waals surface area contributed by atoms with Gasteiger partial charge < -0.3 is 9.47 Å². The number of ether oxygens (including phenoxy) is 2. The number of carbonyl (C=O) groups is 2. The van der Waals surface area contributed by atoms with Crippen LogP contribution in [0.4, 0.5) is 0 Å². The van der Waals surface area contributed by atoms with Crippen LogP contribution >= 0.6 is 0 Å². The molecule has 25 heavy (non-hydrogen) atoms. The summed E-state index contributed by atoms with van der Waals surface area (Å²) in [5, 5.41) is 0. The van der Waals surface area contributed by atoms with Crippen molar-refractivity contribution in [2.45, 2.75) is 12.4 Å². The summed E-state index contributed by atoms with van der Waals surface area (Å²) in [6.45, 7) is 0.00869. The first-order valence-electron chi connectivity index (χ1n) is 7.39. The van der Waals surface area contributed by atoms with Gasteiger partial charge in [0, 0.05) is 6.26 Å². The van der Waals surface area contributed by atoms with Crippen LogP contribution in [-0.2, 0) is 31.7 Å². The van der Waals surface area contributed by atoms with Gasteiger partial charge in [-0.2, -0.15) is 0 Å². The largest absolute Gasteiger partial charge is 0.465 e. The number of carbonyl (C=O) groups excluding carboxylic acids is 2. The molecule has 0 aliphatic heterocycles. The summed E-state index contributed by atoms with van der Waals surface area (Å²) in [6.07, 6.45) is 1.15. The highest BCUT2D eigenvalue weighted by atomic mass is 32.2. The zero-order chi connectivity index (χ0) is 18.4. The van der Waals surface area contributed by atoms with E-state index >= 15 is 0 Å². The van der Waals surface area contributed by atoms with Gasteiger partial charge in [0.15, 0.2) is 9.84 Å². The van der Waals surface area contributed by atoms with Crippen molar-refractivity contribution in [2.24, 2.45) is 0 Å². The van der Waals surface area contributed by atoms with Crippen LogP contribution in [0.3, 0.4) is 0 Å². The highest BCUT2D eigenvalue weighted by Crippen LogP contribution is 2.12. The van der Waals surface area contributed by atoms with Gasteiger partial charge in [0.05, 0.1) is 24.0 Å². The van der Waals surface area contributed by atoms with Gasteiger partial charge in [0.25, 0.3) is 0 Å². The Balaban J connectivity index is 1.99. The van der Waals surface area contributed by atoms with Gasteiger partial charge in [-0.25, -0.2) is 18.0 Å². The van der Waals surface area contributed by atoms with Crippen LogP contribution in [0.25, 0.3) is 0 Å². The zero-order valence-electron chi connectivity index (χ0n) is 13.9. The molecule has 2 aromatic carbocycles. The third kappa shape index (κ3) is 5.72. The number of hydrogen-bond acceptors (Lipinski definition) is 6. The molecule has 0 radical (unpaired) electrons. The first-order chi connectivity index (χ1) is 11.8. The summed E-state index contributed by atoms with van der Waals surface area (Å²) in [5.74, 6) is -1.08. The quantitative estimate of drug-likeness (QED) is 0.733. The minimum atomic E-state index is -3.12. The molecule has 0 amide bonds. The molecule has 2 rings (SSSR count). The summed E-state index contributed by atoms with van der Waals surface area (Å²) in [4.78, 5) is 23.5. The molecule has 0 saturated carbocycles. The molecule has 0 aromatic heterocycles. The fourth-order valence-electron chi connectivity index (χ4n) is 2.18. The lowest BCUT2D eigenvalue weighted by atomic mass is 10.1. The molecule has 0 atom stereocenters. The van der Waals surface area contributed by atoms with E-state index in [4.69, 9.17) is 4.74 Å². The van der Waals surface area contributed by atoms with Crippen molar-refractivity contribution in [2.75, 3.05) is 13.4 Å². The molecule has 0 spiro atoms. The molecule has 0 N–H and O–H groups in total. The third-order valence-electron chi connectivity index (χ3n) is 3.34. The van der Waals surface area contributed by atoms with E-state index in [9.17, 15) is 18.0 Å². The standard InChI is InChI=1S/C18H18O6S/c1-23-17(19)16-5-3-4-14(10-16)11-24-18(20)15-8-6-13(7-9-15)12-25(2,21)22/h3-10H,11-12H2,1-2H3. The Morgan fingerprint density at radius 2 is 1.60 bits per heavy atom. The number of benzene rings is 2. The Labute approximate surface area is 146 Å². The van der Waals surface area contributed by atoms with Crippen molar-refractivity contribution < 1.29 is 27.5 Å². The molecule has 132 valence electrons. The van der Waals surface area contributed by atoms with Gasteiger partial charge in [-0.05, 0) is 35.4 Å². The SMILES string of the molecule is COC(=O)c1cccc(COC(=O)c2ccc(CS(C)(=O)=O)cc2)c1. The van der Waals surface area contributed by atoms with E-state index in [0.29, 0.717) is 22.3 Å². The summed E-state index contributed by atoms with van der Waals surface area (Å²) < 4.78 is 32.4. The zero-order valence-corrected chi connectivity index (χ0v) is 14.7. The number of rotatable bonds is 6. The highest BCUT2D eigenvalue weighted by molar-refractivity contribution is 7.89. The molecule has 0 heterocycles. The Hall–Kier alpha value is -2.67. The first kappa shape index (κ1) is 18.7. The van der Waals surface area contributed by atoms with Gasteiger partial charge in [-0.3, -0.25) is 0 Å². The maximum Gasteiger partial charge on any atom is 0.338 e. The van der Waals surface area contributed by atoms with Crippen molar-refractivity contribution in [1.82, 2.24) is 0 Å². The molecular formula is C18H18O6S. The second-order valence-electron chi connectivity index (χ2n) is 5.54. The molecule has 0 bridgehead atoms. The molecule has 0 saturated heterocycles. The van der Waals surface area contributed by atoms with E-state index in [1.807, 2.05) is 0 Å². The lowest BCUT2D eigenvalue weighted by Crippen LogP contribution is -2.07. The second kappa shape index (κ2) is 7.94. The molecule has 0 aliphatic rings. The summed E-state index contributed by atoms with van der Waals surface area (Å²) in [5.41, 5.74) is 1.96. The number of esters is 2. The summed E-state index contributed by atoms with van der Waals surface area (Å²) in [6, 6.07) is 12.8. The number of sulfone groups is 1. The van der Waals surface area contributed by atoms with Crippen molar-refractivity contribution in [3.8, 4) is 0 Å². The topological polar surface area (TPSA) is 86.7 Å².